The molecule has 2 heterocycles. The van der Waals surface area contributed by atoms with Crippen molar-refractivity contribution < 1.29 is 14.4 Å². The van der Waals surface area contributed by atoms with Crippen LogP contribution in [-0.4, -0.2) is 46.8 Å². The Bertz CT molecular complexity index is 413. The van der Waals surface area contributed by atoms with Crippen LogP contribution >= 0.6 is 0 Å². The van der Waals surface area contributed by atoms with Gasteiger partial charge in [-0.3, -0.25) is 0 Å². The zero-order chi connectivity index (χ0) is 13.7. The van der Waals surface area contributed by atoms with E-state index in [0.717, 1.165) is 6.54 Å². The average Bonchev–Trinajstić information content (AvgIpc) is 2.86. The van der Waals surface area contributed by atoms with E-state index in [4.69, 9.17) is 9.63 Å². The van der Waals surface area contributed by atoms with E-state index >= 15 is 0 Å². The van der Waals surface area contributed by atoms with Crippen molar-refractivity contribution in [2.45, 2.75) is 38.8 Å². The van der Waals surface area contributed by atoms with Crippen LogP contribution in [0.1, 0.15) is 42.4 Å². The first-order valence-electron chi connectivity index (χ1n) is 6.80. The Morgan fingerprint density at radius 1 is 1.53 bits per heavy atom. The Balaban J connectivity index is 1.72. The molecule has 0 bridgehead atoms. The van der Waals surface area contributed by atoms with Gasteiger partial charge in [-0.25, -0.2) is 4.79 Å². The Kier molecular flexibility index (Phi) is 4.93. The number of rotatable bonds is 6. The molecule has 6 nitrogen and oxygen atoms in total. The summed E-state index contributed by atoms with van der Waals surface area (Å²) in [6.07, 6.45) is 3.92. The van der Waals surface area contributed by atoms with Crippen molar-refractivity contribution in [2.24, 2.45) is 0 Å². The first-order chi connectivity index (χ1) is 9.15. The van der Waals surface area contributed by atoms with Gasteiger partial charge in [0.05, 0.1) is 6.54 Å². The smallest absolute Gasteiger partial charge is 0.358 e. The fourth-order valence-corrected chi connectivity index (χ4v) is 2.37. The van der Waals surface area contributed by atoms with Crippen LogP contribution in [0, 0.1) is 0 Å². The van der Waals surface area contributed by atoms with Crippen LogP contribution in [0.3, 0.4) is 0 Å². The van der Waals surface area contributed by atoms with Crippen molar-refractivity contribution in [1.82, 2.24) is 15.4 Å². The van der Waals surface area contributed by atoms with Gasteiger partial charge in [-0.1, -0.05) is 11.6 Å². The van der Waals surface area contributed by atoms with Crippen molar-refractivity contribution in [3.05, 3.63) is 17.5 Å². The second-order valence-corrected chi connectivity index (χ2v) is 5.13. The molecule has 2 N–H and O–H groups in total. The largest absolute Gasteiger partial charge is 0.476 e. The Hall–Kier alpha value is -1.40. The molecule has 0 spiro atoms. The van der Waals surface area contributed by atoms with Gasteiger partial charge in [-0.2, -0.15) is 0 Å². The van der Waals surface area contributed by atoms with E-state index < -0.39 is 5.97 Å². The Labute approximate surface area is 112 Å². The summed E-state index contributed by atoms with van der Waals surface area (Å²) >= 11 is 0. The van der Waals surface area contributed by atoms with Crippen LogP contribution in [0.15, 0.2) is 10.6 Å². The molecular weight excluding hydrogens is 246 g/mol. The number of nitrogens with one attached hydrogen (secondary N) is 1. The van der Waals surface area contributed by atoms with Crippen molar-refractivity contribution in [3.8, 4) is 0 Å². The minimum Gasteiger partial charge on any atom is -0.476 e. The third kappa shape index (κ3) is 4.33. The number of likely N-dealkylation sites (tertiary alicyclic amines) is 1. The molecule has 0 aromatic carbocycles. The second-order valence-electron chi connectivity index (χ2n) is 5.13. The zero-order valence-corrected chi connectivity index (χ0v) is 11.3. The molecule has 1 aromatic heterocycles. The summed E-state index contributed by atoms with van der Waals surface area (Å²) in [5.41, 5.74) is -0.0412. The Morgan fingerprint density at radius 2 is 2.26 bits per heavy atom. The number of hydrogen-bond acceptors (Lipinski definition) is 5. The first kappa shape index (κ1) is 14.0. The van der Waals surface area contributed by atoms with Gasteiger partial charge < -0.3 is 19.8 Å². The lowest BCUT2D eigenvalue weighted by molar-refractivity contribution is 0.0685. The molecule has 0 radical (unpaired) electrons. The summed E-state index contributed by atoms with van der Waals surface area (Å²) in [6, 6.07) is 1.81. The topological polar surface area (TPSA) is 78.6 Å². The minimum atomic E-state index is -1.06. The molecule has 0 saturated carbocycles. The van der Waals surface area contributed by atoms with E-state index in [9.17, 15) is 4.79 Å². The van der Waals surface area contributed by atoms with Gasteiger partial charge in [0.25, 0.3) is 0 Å². The zero-order valence-electron chi connectivity index (χ0n) is 11.3. The lowest BCUT2D eigenvalue weighted by atomic mass is 10.1. The highest BCUT2D eigenvalue weighted by Gasteiger charge is 2.14. The molecule has 19 heavy (non-hydrogen) atoms. The molecule has 0 aliphatic carbocycles. The fraction of sp³-hybridized carbons (Fsp3) is 0.692. The van der Waals surface area contributed by atoms with E-state index in [1.807, 2.05) is 0 Å². The standard InChI is InChI=1S/C13H21N3O3/c1-10(9-16-5-3-2-4-6-16)14-8-11-7-12(13(17)18)15-19-11/h7,10,14H,2-6,8-9H2,1H3,(H,17,18). The van der Waals surface area contributed by atoms with Crippen LogP contribution in [0.2, 0.25) is 0 Å². The lowest BCUT2D eigenvalue weighted by Gasteiger charge is -2.29. The van der Waals surface area contributed by atoms with Gasteiger partial charge in [0, 0.05) is 18.7 Å². The number of aromatic nitrogens is 1. The predicted octanol–water partition coefficient (Wildman–Crippen LogP) is 1.34. The van der Waals surface area contributed by atoms with Gasteiger partial charge in [0.1, 0.15) is 0 Å². The van der Waals surface area contributed by atoms with Gasteiger partial charge in [-0.15, -0.1) is 0 Å². The summed E-state index contributed by atoms with van der Waals surface area (Å²) in [5.74, 6) is -0.501. The monoisotopic (exact) mass is 267 g/mol. The quantitative estimate of drug-likeness (QED) is 0.809. The van der Waals surface area contributed by atoms with E-state index in [1.165, 1.54) is 38.4 Å². The minimum absolute atomic E-state index is 0.0412. The molecule has 1 unspecified atom stereocenters. The highest BCUT2D eigenvalue weighted by Crippen LogP contribution is 2.09. The molecule has 1 atom stereocenters. The highest BCUT2D eigenvalue weighted by molar-refractivity contribution is 5.85. The lowest BCUT2D eigenvalue weighted by Crippen LogP contribution is -2.41. The molecule has 2 rings (SSSR count). The number of carboxylic acids is 1. The first-order valence-corrected chi connectivity index (χ1v) is 6.80. The molecule has 1 aliphatic rings. The molecule has 0 amide bonds. The van der Waals surface area contributed by atoms with Crippen molar-refractivity contribution >= 4 is 5.97 Å². The van der Waals surface area contributed by atoms with Gasteiger partial charge in [-0.05, 0) is 32.9 Å². The second kappa shape index (κ2) is 6.68. The van der Waals surface area contributed by atoms with Crippen LogP contribution in [0.5, 0.6) is 0 Å². The fourth-order valence-electron chi connectivity index (χ4n) is 2.37. The number of hydrogen-bond donors (Lipinski definition) is 2. The molecule has 106 valence electrons. The third-order valence-corrected chi connectivity index (χ3v) is 3.38. The third-order valence-electron chi connectivity index (χ3n) is 3.38. The maximum Gasteiger partial charge on any atom is 0.358 e. The van der Waals surface area contributed by atoms with Gasteiger partial charge in [0.15, 0.2) is 11.5 Å². The number of piperidine rings is 1. The van der Waals surface area contributed by atoms with Crippen molar-refractivity contribution in [1.29, 1.82) is 0 Å². The average molecular weight is 267 g/mol. The number of carbonyl (C=O) groups is 1. The maximum atomic E-state index is 10.7. The van der Waals surface area contributed by atoms with Crippen LogP contribution < -0.4 is 5.32 Å². The summed E-state index contributed by atoms with van der Waals surface area (Å²) in [5, 5.41) is 15.6. The SMILES string of the molecule is CC(CN1CCCCC1)NCc1cc(C(=O)O)no1. The summed E-state index contributed by atoms with van der Waals surface area (Å²) in [4.78, 5) is 13.1. The maximum absolute atomic E-state index is 10.7. The molecule has 1 fully saturated rings. The highest BCUT2D eigenvalue weighted by atomic mass is 16.5. The number of nitrogens with zero attached hydrogens (tertiary/aromatic N) is 2. The summed E-state index contributed by atoms with van der Waals surface area (Å²) in [6.45, 7) is 6.01. The van der Waals surface area contributed by atoms with E-state index in [-0.39, 0.29) is 5.69 Å². The molecule has 1 aliphatic heterocycles. The van der Waals surface area contributed by atoms with Crippen molar-refractivity contribution in [2.75, 3.05) is 19.6 Å². The number of carboxylic acid groups (broad SMARTS) is 1. The molecular formula is C13H21N3O3. The molecule has 6 heteroatoms. The molecule has 1 saturated heterocycles. The Morgan fingerprint density at radius 3 is 2.89 bits per heavy atom. The molecule has 1 aromatic rings. The van der Waals surface area contributed by atoms with E-state index in [0.29, 0.717) is 18.3 Å². The number of aromatic carboxylic acids is 1. The normalized spacial score (nSPS) is 18.4. The van der Waals surface area contributed by atoms with Crippen LogP contribution in [-0.2, 0) is 6.54 Å². The van der Waals surface area contributed by atoms with Crippen molar-refractivity contribution in [3.63, 3.8) is 0 Å². The van der Waals surface area contributed by atoms with Crippen LogP contribution in [0.4, 0.5) is 0 Å². The van der Waals surface area contributed by atoms with Crippen LogP contribution in [0.25, 0.3) is 0 Å². The van der Waals surface area contributed by atoms with Gasteiger partial charge in [0.2, 0.25) is 0 Å². The van der Waals surface area contributed by atoms with E-state index in [1.54, 1.807) is 0 Å². The summed E-state index contributed by atoms with van der Waals surface area (Å²) in [7, 11) is 0. The van der Waals surface area contributed by atoms with E-state index in [2.05, 4.69) is 22.3 Å². The predicted molar refractivity (Wildman–Crippen MR) is 70.1 cm³/mol. The van der Waals surface area contributed by atoms with Gasteiger partial charge >= 0.3 is 5.97 Å². The summed E-state index contributed by atoms with van der Waals surface area (Å²) < 4.78 is 4.96.